The molecule has 0 atom stereocenters. The van der Waals surface area contributed by atoms with Gasteiger partial charge in [0.25, 0.3) is 0 Å². The van der Waals surface area contributed by atoms with Crippen molar-refractivity contribution < 1.29 is 14.7 Å². The molecule has 0 saturated carbocycles. The number of urea groups is 1. The molecule has 4 aromatic rings. The van der Waals surface area contributed by atoms with Crippen molar-refractivity contribution in [3.63, 3.8) is 0 Å². The van der Waals surface area contributed by atoms with Crippen LogP contribution >= 0.6 is 0 Å². The Morgan fingerprint density at radius 3 is 2.57 bits per heavy atom. The second-order valence-electron chi connectivity index (χ2n) is 10.0. The normalized spacial score (nSPS) is 11.8. The van der Waals surface area contributed by atoms with Crippen molar-refractivity contribution in [2.24, 2.45) is 0 Å². The van der Waals surface area contributed by atoms with Crippen LogP contribution in [0.3, 0.4) is 0 Å². The SMILES string of the molecule is CC(C)c1cc(C(=O)c2cncc(NC(=O)Nc3cc(C(C)(C)C)nn3CCO)c2)c2c(N)ncnn12. The van der Waals surface area contributed by atoms with Crippen LogP contribution in [-0.2, 0) is 12.0 Å². The van der Waals surface area contributed by atoms with Gasteiger partial charge in [0, 0.05) is 28.9 Å². The Balaban J connectivity index is 1.58. The van der Waals surface area contributed by atoms with E-state index in [1.807, 2.05) is 34.6 Å². The third-order valence-electron chi connectivity index (χ3n) is 5.81. The third-order valence-corrected chi connectivity index (χ3v) is 5.81. The molecule has 37 heavy (non-hydrogen) atoms. The Kier molecular flexibility index (Phi) is 6.94. The van der Waals surface area contributed by atoms with E-state index in [0.29, 0.717) is 22.6 Å². The molecule has 0 fully saturated rings. The molecular weight excluding hydrogens is 474 g/mol. The average Bonchev–Trinajstić information content (AvgIpc) is 3.42. The fraction of sp³-hybridized carbons (Fsp3) is 0.360. The van der Waals surface area contributed by atoms with Gasteiger partial charge in [-0.3, -0.25) is 15.1 Å². The summed E-state index contributed by atoms with van der Waals surface area (Å²) in [6, 6.07) is 4.53. The fourth-order valence-electron chi connectivity index (χ4n) is 3.89. The van der Waals surface area contributed by atoms with Crippen molar-refractivity contribution in [2.75, 3.05) is 23.0 Å². The molecule has 4 heterocycles. The number of ketones is 1. The summed E-state index contributed by atoms with van der Waals surface area (Å²) in [6.45, 7) is 10.1. The van der Waals surface area contributed by atoms with Crippen LogP contribution in [0.15, 0.2) is 36.9 Å². The Labute approximate surface area is 213 Å². The molecule has 194 valence electrons. The van der Waals surface area contributed by atoms with E-state index >= 15 is 0 Å². The summed E-state index contributed by atoms with van der Waals surface area (Å²) >= 11 is 0. The van der Waals surface area contributed by atoms with Gasteiger partial charge in [-0.1, -0.05) is 34.6 Å². The topological polar surface area (TPSA) is 165 Å². The highest BCUT2D eigenvalue weighted by Crippen LogP contribution is 2.28. The summed E-state index contributed by atoms with van der Waals surface area (Å²) < 4.78 is 3.17. The van der Waals surface area contributed by atoms with Crippen LogP contribution in [0.1, 0.15) is 67.8 Å². The van der Waals surface area contributed by atoms with Crippen LogP contribution in [0.25, 0.3) is 5.52 Å². The van der Waals surface area contributed by atoms with Gasteiger partial charge in [0.2, 0.25) is 0 Å². The van der Waals surface area contributed by atoms with Gasteiger partial charge in [-0.15, -0.1) is 0 Å². The standard InChI is InChI=1S/C25H31N9O3/c1-14(2)18-9-17(21-23(26)28-13-29-34(18)21)22(36)15-8-16(12-27-11-15)30-24(37)31-20-10-19(25(3,4)5)32-33(20)6-7-35/h8-14,35H,6-7H2,1-5H3,(H2,26,28,29)(H2,30,31,37). The van der Waals surface area contributed by atoms with Crippen molar-refractivity contribution in [1.29, 1.82) is 0 Å². The molecule has 0 bridgehead atoms. The van der Waals surface area contributed by atoms with Crippen LogP contribution in [0.5, 0.6) is 0 Å². The summed E-state index contributed by atoms with van der Waals surface area (Å²) in [5.41, 5.74) is 8.82. The largest absolute Gasteiger partial charge is 0.394 e. The van der Waals surface area contributed by atoms with Crippen molar-refractivity contribution in [3.8, 4) is 0 Å². The second kappa shape index (κ2) is 9.97. The van der Waals surface area contributed by atoms with Crippen molar-refractivity contribution in [3.05, 3.63) is 59.4 Å². The first kappa shape index (κ1) is 25.8. The van der Waals surface area contributed by atoms with Gasteiger partial charge < -0.3 is 16.2 Å². The monoisotopic (exact) mass is 505 g/mol. The average molecular weight is 506 g/mol. The van der Waals surface area contributed by atoms with E-state index in [9.17, 15) is 14.7 Å². The van der Waals surface area contributed by atoms with Gasteiger partial charge in [-0.25, -0.2) is 19.0 Å². The molecular formula is C25H31N9O3. The maximum atomic E-state index is 13.5. The number of nitrogens with zero attached hydrogens (tertiary/aromatic N) is 6. The molecule has 0 aromatic carbocycles. The number of pyridine rings is 1. The zero-order valence-corrected chi connectivity index (χ0v) is 21.5. The molecule has 12 heteroatoms. The van der Waals surface area contributed by atoms with E-state index < -0.39 is 6.03 Å². The van der Waals surface area contributed by atoms with Gasteiger partial charge in [0.05, 0.1) is 36.3 Å². The molecule has 2 amide bonds. The summed E-state index contributed by atoms with van der Waals surface area (Å²) in [4.78, 5) is 34.4. The lowest BCUT2D eigenvalue weighted by molar-refractivity contribution is 0.104. The lowest BCUT2D eigenvalue weighted by Gasteiger charge is -2.13. The number of rotatable bonds is 7. The summed E-state index contributed by atoms with van der Waals surface area (Å²) in [6.07, 6.45) is 4.22. The highest BCUT2D eigenvalue weighted by Gasteiger charge is 2.23. The molecule has 0 unspecified atom stereocenters. The molecule has 0 aliphatic carbocycles. The lowest BCUT2D eigenvalue weighted by Crippen LogP contribution is -2.22. The number of aromatic nitrogens is 6. The summed E-state index contributed by atoms with van der Waals surface area (Å²) in [5, 5.41) is 23.6. The quantitative estimate of drug-likeness (QED) is 0.278. The zero-order valence-electron chi connectivity index (χ0n) is 21.5. The number of fused-ring (bicyclic) bond motifs is 1. The predicted octanol–water partition coefficient (Wildman–Crippen LogP) is 3.19. The van der Waals surface area contributed by atoms with Gasteiger partial charge in [0.1, 0.15) is 17.7 Å². The van der Waals surface area contributed by atoms with Crippen LogP contribution in [-0.4, -0.2) is 52.9 Å². The first-order valence-corrected chi connectivity index (χ1v) is 11.9. The lowest BCUT2D eigenvalue weighted by atomic mass is 9.92. The van der Waals surface area contributed by atoms with Crippen molar-refractivity contribution >= 4 is 34.7 Å². The summed E-state index contributed by atoms with van der Waals surface area (Å²) in [7, 11) is 0. The number of hydrogen-bond acceptors (Lipinski definition) is 8. The fourth-order valence-corrected chi connectivity index (χ4v) is 3.89. The third kappa shape index (κ3) is 5.28. The molecule has 12 nitrogen and oxygen atoms in total. The molecule has 0 radical (unpaired) electrons. The minimum absolute atomic E-state index is 0.0937. The Hall–Kier alpha value is -4.32. The van der Waals surface area contributed by atoms with Gasteiger partial charge in [0.15, 0.2) is 11.6 Å². The molecule has 5 N–H and O–H groups in total. The van der Waals surface area contributed by atoms with Gasteiger partial charge in [-0.05, 0) is 18.1 Å². The maximum Gasteiger partial charge on any atom is 0.324 e. The number of nitrogens with one attached hydrogen (secondary N) is 2. The number of carbonyl (C=O) groups excluding carboxylic acids is 2. The van der Waals surface area contributed by atoms with Crippen LogP contribution < -0.4 is 16.4 Å². The van der Waals surface area contributed by atoms with E-state index in [4.69, 9.17) is 5.73 Å². The number of hydrogen-bond donors (Lipinski definition) is 4. The summed E-state index contributed by atoms with van der Waals surface area (Å²) in [5.74, 6) is 0.407. The van der Waals surface area contributed by atoms with E-state index in [0.717, 1.165) is 11.4 Å². The minimum atomic E-state index is -0.542. The van der Waals surface area contributed by atoms with E-state index in [1.165, 1.54) is 23.4 Å². The number of nitrogen functional groups attached to an aromatic ring is 1. The molecule has 0 saturated heterocycles. The Morgan fingerprint density at radius 1 is 1.14 bits per heavy atom. The number of carbonyl (C=O) groups is 2. The molecule has 0 spiro atoms. The number of aliphatic hydroxyl groups excluding tert-OH is 1. The zero-order chi connectivity index (χ0) is 26.9. The Morgan fingerprint density at radius 2 is 1.89 bits per heavy atom. The van der Waals surface area contributed by atoms with Crippen LogP contribution in [0.2, 0.25) is 0 Å². The Bertz CT molecular complexity index is 1460. The highest BCUT2D eigenvalue weighted by atomic mass is 16.3. The van der Waals surface area contributed by atoms with Gasteiger partial charge >= 0.3 is 6.03 Å². The number of anilines is 3. The smallest absolute Gasteiger partial charge is 0.324 e. The number of aliphatic hydroxyl groups is 1. The van der Waals surface area contributed by atoms with E-state index in [1.54, 1.807) is 22.7 Å². The molecule has 0 aliphatic heterocycles. The first-order chi connectivity index (χ1) is 17.5. The minimum Gasteiger partial charge on any atom is -0.394 e. The highest BCUT2D eigenvalue weighted by molar-refractivity contribution is 6.15. The second-order valence-corrected chi connectivity index (χ2v) is 10.0. The van der Waals surface area contributed by atoms with E-state index in [2.05, 4.69) is 30.8 Å². The van der Waals surface area contributed by atoms with Crippen molar-refractivity contribution in [1.82, 2.24) is 29.4 Å². The van der Waals surface area contributed by atoms with Gasteiger partial charge in [-0.2, -0.15) is 10.2 Å². The molecule has 4 rings (SSSR count). The van der Waals surface area contributed by atoms with Crippen LogP contribution in [0.4, 0.5) is 22.1 Å². The van der Waals surface area contributed by atoms with Crippen molar-refractivity contribution in [2.45, 2.75) is 52.5 Å². The van der Waals surface area contributed by atoms with Crippen LogP contribution in [0, 0.1) is 0 Å². The van der Waals surface area contributed by atoms with E-state index in [-0.39, 0.29) is 41.6 Å². The number of amides is 2. The first-order valence-electron chi connectivity index (χ1n) is 11.9. The molecule has 0 aliphatic rings. The number of nitrogens with two attached hydrogens (primary N) is 1. The maximum absolute atomic E-state index is 13.5. The predicted molar refractivity (Wildman–Crippen MR) is 140 cm³/mol. The molecule has 4 aromatic heterocycles.